The maximum atomic E-state index is 12.7. The van der Waals surface area contributed by atoms with Gasteiger partial charge >= 0.3 is 0 Å². The average Bonchev–Trinajstić information content (AvgIpc) is 2.73. The molecule has 162 valence electrons. The molecule has 2 aromatic rings. The van der Waals surface area contributed by atoms with E-state index in [0.29, 0.717) is 32.5 Å². The van der Waals surface area contributed by atoms with Crippen molar-refractivity contribution in [2.45, 2.75) is 38.9 Å². The highest BCUT2D eigenvalue weighted by Crippen LogP contribution is 2.24. The number of hydrogen-bond donors (Lipinski definition) is 1. The molecule has 1 aliphatic rings. The van der Waals surface area contributed by atoms with Gasteiger partial charge in [0, 0.05) is 25.6 Å². The molecule has 3 rings (SSSR count). The number of benzene rings is 2. The molecule has 1 fully saturated rings. The predicted octanol–water partition coefficient (Wildman–Crippen LogP) is 3.61. The smallest absolute Gasteiger partial charge is 0.223 e. The van der Waals surface area contributed by atoms with Crippen LogP contribution in [0.15, 0.2) is 60.7 Å². The monoisotopic (exact) mass is 428 g/mol. The van der Waals surface area contributed by atoms with Gasteiger partial charge in [-0.2, -0.15) is 0 Å². The second-order valence-corrected chi connectivity index (χ2v) is 10.9. The summed E-state index contributed by atoms with van der Waals surface area (Å²) in [6.07, 6.45) is 2.03. The van der Waals surface area contributed by atoms with Crippen LogP contribution in [0, 0.1) is 11.3 Å². The quantitative estimate of drug-likeness (QED) is 0.698. The van der Waals surface area contributed by atoms with Crippen molar-refractivity contribution in [3.8, 4) is 0 Å². The standard InChI is InChI=1S/C24H32N2O3S/c1-24(2,17-20-9-5-3-6-10-20)19-25-23(27)22-13-15-26(16-14-22)30(28,29)18-21-11-7-4-8-12-21/h3-12,22H,13-19H2,1-2H3,(H,25,27). The largest absolute Gasteiger partial charge is 0.355 e. The molecule has 30 heavy (non-hydrogen) atoms. The third kappa shape index (κ3) is 6.41. The van der Waals surface area contributed by atoms with E-state index in [1.54, 1.807) is 0 Å². The average molecular weight is 429 g/mol. The topological polar surface area (TPSA) is 66.5 Å². The molecular weight excluding hydrogens is 396 g/mol. The van der Waals surface area contributed by atoms with Crippen molar-refractivity contribution in [2.75, 3.05) is 19.6 Å². The Morgan fingerprint density at radius 1 is 0.967 bits per heavy atom. The Balaban J connectivity index is 1.47. The minimum Gasteiger partial charge on any atom is -0.355 e. The number of amides is 1. The number of rotatable bonds is 8. The van der Waals surface area contributed by atoms with Gasteiger partial charge in [-0.15, -0.1) is 0 Å². The highest BCUT2D eigenvalue weighted by atomic mass is 32.2. The normalized spacial score (nSPS) is 16.3. The minimum absolute atomic E-state index is 0.0123. The lowest BCUT2D eigenvalue weighted by molar-refractivity contribution is -0.126. The third-order valence-corrected chi connectivity index (χ3v) is 7.53. The van der Waals surface area contributed by atoms with E-state index < -0.39 is 10.0 Å². The van der Waals surface area contributed by atoms with Crippen LogP contribution >= 0.6 is 0 Å². The van der Waals surface area contributed by atoms with Crippen LogP contribution in [0.3, 0.4) is 0 Å². The third-order valence-electron chi connectivity index (χ3n) is 5.68. The number of sulfonamides is 1. The van der Waals surface area contributed by atoms with Crippen molar-refractivity contribution in [2.24, 2.45) is 11.3 Å². The Bertz CT molecular complexity index is 919. The maximum absolute atomic E-state index is 12.7. The van der Waals surface area contributed by atoms with Crippen molar-refractivity contribution in [3.63, 3.8) is 0 Å². The molecule has 0 saturated carbocycles. The zero-order valence-corrected chi connectivity index (χ0v) is 18.7. The van der Waals surface area contributed by atoms with Crippen LogP contribution in [-0.4, -0.2) is 38.3 Å². The van der Waals surface area contributed by atoms with Crippen molar-refractivity contribution in [1.29, 1.82) is 0 Å². The molecule has 0 bridgehead atoms. The summed E-state index contributed by atoms with van der Waals surface area (Å²) in [6, 6.07) is 19.5. The molecule has 1 heterocycles. The predicted molar refractivity (Wildman–Crippen MR) is 120 cm³/mol. The Morgan fingerprint density at radius 3 is 2.07 bits per heavy atom. The Hall–Kier alpha value is -2.18. The second-order valence-electron chi connectivity index (χ2n) is 8.96. The molecule has 0 aromatic heterocycles. The molecule has 0 aliphatic carbocycles. The van der Waals surface area contributed by atoms with Crippen molar-refractivity contribution < 1.29 is 13.2 Å². The fraction of sp³-hybridized carbons (Fsp3) is 0.458. The van der Waals surface area contributed by atoms with Gasteiger partial charge in [-0.3, -0.25) is 4.79 Å². The summed E-state index contributed by atoms with van der Waals surface area (Å²) in [5.41, 5.74) is 2.00. The van der Waals surface area contributed by atoms with Crippen molar-refractivity contribution in [3.05, 3.63) is 71.8 Å². The van der Waals surface area contributed by atoms with Crippen LogP contribution in [0.25, 0.3) is 0 Å². The summed E-state index contributed by atoms with van der Waals surface area (Å²) < 4.78 is 26.9. The Morgan fingerprint density at radius 2 is 1.50 bits per heavy atom. The van der Waals surface area contributed by atoms with Crippen LogP contribution in [0.2, 0.25) is 0 Å². The highest BCUT2D eigenvalue weighted by Gasteiger charge is 2.31. The van der Waals surface area contributed by atoms with Gasteiger partial charge in [-0.05, 0) is 35.8 Å². The first kappa shape index (κ1) is 22.5. The molecule has 5 nitrogen and oxygen atoms in total. The zero-order chi connectivity index (χ0) is 21.6. The van der Waals surface area contributed by atoms with Crippen LogP contribution < -0.4 is 5.32 Å². The zero-order valence-electron chi connectivity index (χ0n) is 17.9. The van der Waals surface area contributed by atoms with Crippen LogP contribution in [0.5, 0.6) is 0 Å². The SMILES string of the molecule is CC(C)(CNC(=O)C1CCN(S(=O)(=O)Cc2ccccc2)CC1)Cc1ccccc1. The first-order valence-electron chi connectivity index (χ1n) is 10.6. The number of nitrogens with one attached hydrogen (secondary N) is 1. The van der Waals surface area contributed by atoms with Gasteiger partial charge in [0.15, 0.2) is 0 Å². The number of carbonyl (C=O) groups excluding carboxylic acids is 1. The van der Waals surface area contributed by atoms with Crippen LogP contribution in [0.4, 0.5) is 0 Å². The molecule has 0 spiro atoms. The molecule has 6 heteroatoms. The molecule has 1 aliphatic heterocycles. The molecule has 0 atom stereocenters. The second kappa shape index (κ2) is 9.75. The first-order chi connectivity index (χ1) is 14.3. The van der Waals surface area contributed by atoms with E-state index in [4.69, 9.17) is 0 Å². The van der Waals surface area contributed by atoms with Gasteiger partial charge in [0.25, 0.3) is 0 Å². The number of carbonyl (C=O) groups is 1. The Kier molecular flexibility index (Phi) is 7.32. The molecule has 0 radical (unpaired) electrons. The van der Waals surface area contributed by atoms with E-state index in [0.717, 1.165) is 12.0 Å². The maximum Gasteiger partial charge on any atom is 0.223 e. The lowest BCUT2D eigenvalue weighted by Gasteiger charge is -2.32. The molecule has 1 saturated heterocycles. The van der Waals surface area contributed by atoms with Crippen molar-refractivity contribution >= 4 is 15.9 Å². The minimum atomic E-state index is -3.35. The van der Waals surface area contributed by atoms with E-state index >= 15 is 0 Å². The summed E-state index contributed by atoms with van der Waals surface area (Å²) in [7, 11) is -3.35. The fourth-order valence-electron chi connectivity index (χ4n) is 3.95. The van der Waals surface area contributed by atoms with Gasteiger partial charge in [0.2, 0.25) is 15.9 Å². The molecule has 1 amide bonds. The van der Waals surface area contributed by atoms with Gasteiger partial charge in [-0.1, -0.05) is 74.5 Å². The number of hydrogen-bond acceptors (Lipinski definition) is 3. The van der Waals surface area contributed by atoms with Crippen LogP contribution in [0.1, 0.15) is 37.8 Å². The molecule has 1 N–H and O–H groups in total. The fourth-order valence-corrected chi connectivity index (χ4v) is 5.52. The highest BCUT2D eigenvalue weighted by molar-refractivity contribution is 7.88. The summed E-state index contributed by atoms with van der Waals surface area (Å²) in [4.78, 5) is 12.7. The van der Waals surface area contributed by atoms with E-state index in [1.165, 1.54) is 9.87 Å². The van der Waals surface area contributed by atoms with E-state index in [2.05, 4.69) is 31.3 Å². The van der Waals surface area contributed by atoms with E-state index in [9.17, 15) is 13.2 Å². The van der Waals surface area contributed by atoms with Gasteiger partial charge in [0.05, 0.1) is 5.75 Å². The molecular formula is C24H32N2O3S. The van der Waals surface area contributed by atoms with Crippen LogP contribution in [-0.2, 0) is 27.0 Å². The summed E-state index contributed by atoms with van der Waals surface area (Å²) >= 11 is 0. The van der Waals surface area contributed by atoms with E-state index in [1.807, 2.05) is 48.5 Å². The van der Waals surface area contributed by atoms with Gasteiger partial charge in [0.1, 0.15) is 0 Å². The number of piperidine rings is 1. The molecule has 2 aromatic carbocycles. The lowest BCUT2D eigenvalue weighted by Crippen LogP contribution is -2.45. The van der Waals surface area contributed by atoms with Crippen molar-refractivity contribution in [1.82, 2.24) is 9.62 Å². The first-order valence-corrected chi connectivity index (χ1v) is 12.2. The summed E-state index contributed by atoms with van der Waals surface area (Å²) in [5, 5.41) is 3.10. The lowest BCUT2D eigenvalue weighted by atomic mass is 9.85. The molecule has 0 unspecified atom stereocenters. The van der Waals surface area contributed by atoms with Gasteiger partial charge in [-0.25, -0.2) is 12.7 Å². The Labute approximate surface area is 180 Å². The summed E-state index contributed by atoms with van der Waals surface area (Å²) in [5.74, 6) is -0.0739. The van der Waals surface area contributed by atoms with Gasteiger partial charge < -0.3 is 5.32 Å². The summed E-state index contributed by atoms with van der Waals surface area (Å²) in [6.45, 7) is 5.71. The van der Waals surface area contributed by atoms with E-state index in [-0.39, 0.29) is 23.0 Å². The number of nitrogens with zero attached hydrogens (tertiary/aromatic N) is 1.